The van der Waals surface area contributed by atoms with E-state index in [-0.39, 0.29) is 6.42 Å². The molecular formula is C22H23NO5. The van der Waals surface area contributed by atoms with Gasteiger partial charge in [0.15, 0.2) is 6.10 Å². The quantitative estimate of drug-likeness (QED) is 0.649. The van der Waals surface area contributed by atoms with Crippen LogP contribution in [0.2, 0.25) is 0 Å². The lowest BCUT2D eigenvalue weighted by atomic mass is 10.0. The van der Waals surface area contributed by atoms with Gasteiger partial charge in [0.25, 0.3) is 5.91 Å². The first-order valence-electron chi connectivity index (χ1n) is 8.99. The van der Waals surface area contributed by atoms with Crippen LogP contribution in [-0.4, -0.2) is 25.1 Å². The van der Waals surface area contributed by atoms with Crippen LogP contribution in [0.25, 0.3) is 11.0 Å². The fourth-order valence-corrected chi connectivity index (χ4v) is 2.89. The molecular weight excluding hydrogens is 358 g/mol. The number of rotatable bonds is 6. The Kier molecular flexibility index (Phi) is 5.68. The van der Waals surface area contributed by atoms with Crippen LogP contribution in [0.5, 0.6) is 5.75 Å². The zero-order chi connectivity index (χ0) is 20.3. The van der Waals surface area contributed by atoms with Crippen LogP contribution in [0.15, 0.2) is 47.1 Å². The number of methoxy groups -OCH3 is 1. The molecule has 0 saturated heterocycles. The number of hydrogen-bond donors (Lipinski definition) is 1. The minimum Gasteiger partial charge on any atom is -0.497 e. The van der Waals surface area contributed by atoms with Crippen molar-refractivity contribution in [3.63, 3.8) is 0 Å². The summed E-state index contributed by atoms with van der Waals surface area (Å²) in [5, 5.41) is 3.59. The number of fused-ring (bicyclic) bond motifs is 1. The smallest absolute Gasteiger partial charge is 0.311 e. The van der Waals surface area contributed by atoms with Gasteiger partial charge < -0.3 is 19.2 Å². The van der Waals surface area contributed by atoms with Gasteiger partial charge in [0.1, 0.15) is 11.3 Å². The maximum Gasteiger partial charge on any atom is 0.311 e. The van der Waals surface area contributed by atoms with Crippen molar-refractivity contribution in [1.29, 1.82) is 0 Å². The Balaban J connectivity index is 1.61. The highest BCUT2D eigenvalue weighted by atomic mass is 16.5. The molecule has 0 aliphatic rings. The van der Waals surface area contributed by atoms with E-state index in [1.54, 1.807) is 37.6 Å². The van der Waals surface area contributed by atoms with Crippen LogP contribution >= 0.6 is 0 Å². The molecule has 6 nitrogen and oxygen atoms in total. The van der Waals surface area contributed by atoms with Gasteiger partial charge in [-0.05, 0) is 56.2 Å². The Bertz CT molecular complexity index is 1000. The fraction of sp³-hybridized carbons (Fsp3) is 0.273. The van der Waals surface area contributed by atoms with Crippen molar-refractivity contribution in [1.82, 2.24) is 0 Å². The molecule has 3 aromatic rings. The molecule has 0 saturated carbocycles. The van der Waals surface area contributed by atoms with E-state index in [9.17, 15) is 9.59 Å². The maximum atomic E-state index is 12.3. The van der Waals surface area contributed by atoms with Crippen molar-refractivity contribution in [2.75, 3.05) is 12.4 Å². The molecule has 0 bridgehead atoms. The van der Waals surface area contributed by atoms with E-state index in [2.05, 4.69) is 5.32 Å². The van der Waals surface area contributed by atoms with Crippen molar-refractivity contribution in [2.45, 2.75) is 33.3 Å². The standard InChI is InChI=1S/C22H23NO5/c1-13-5-10-19-16(12-27-21(19)14(13)2)11-20(24)28-15(3)22(25)23-17-6-8-18(26-4)9-7-17/h5-10,12,15H,11H2,1-4H3,(H,23,25)/t15-/m1/s1. The Morgan fingerprint density at radius 3 is 2.50 bits per heavy atom. The lowest BCUT2D eigenvalue weighted by Crippen LogP contribution is -2.30. The topological polar surface area (TPSA) is 77.8 Å². The lowest BCUT2D eigenvalue weighted by molar-refractivity contribution is -0.152. The second-order valence-electron chi connectivity index (χ2n) is 6.67. The number of anilines is 1. The van der Waals surface area contributed by atoms with E-state index in [0.29, 0.717) is 11.4 Å². The molecule has 0 aliphatic carbocycles. The molecule has 6 heteroatoms. The first kappa shape index (κ1) is 19.5. The zero-order valence-electron chi connectivity index (χ0n) is 16.4. The number of ether oxygens (including phenoxy) is 2. The first-order chi connectivity index (χ1) is 13.4. The van der Waals surface area contributed by atoms with Gasteiger partial charge in [-0.1, -0.05) is 12.1 Å². The van der Waals surface area contributed by atoms with Gasteiger partial charge in [0.2, 0.25) is 0 Å². The monoisotopic (exact) mass is 381 g/mol. The average molecular weight is 381 g/mol. The number of esters is 1. The van der Waals surface area contributed by atoms with E-state index in [1.165, 1.54) is 6.92 Å². The lowest BCUT2D eigenvalue weighted by Gasteiger charge is -2.13. The average Bonchev–Trinajstić information content (AvgIpc) is 3.08. The minimum atomic E-state index is -0.920. The van der Waals surface area contributed by atoms with Gasteiger partial charge in [-0.2, -0.15) is 0 Å². The van der Waals surface area contributed by atoms with Crippen molar-refractivity contribution in [2.24, 2.45) is 0 Å². The number of carbonyl (C=O) groups is 2. The van der Waals surface area contributed by atoms with Gasteiger partial charge in [-0.3, -0.25) is 9.59 Å². The summed E-state index contributed by atoms with van der Waals surface area (Å²) in [7, 11) is 1.57. The molecule has 28 heavy (non-hydrogen) atoms. The van der Waals surface area contributed by atoms with E-state index < -0.39 is 18.0 Å². The second-order valence-corrected chi connectivity index (χ2v) is 6.67. The Labute approximate surface area is 163 Å². The highest BCUT2D eigenvalue weighted by Crippen LogP contribution is 2.27. The third-order valence-corrected chi connectivity index (χ3v) is 4.71. The number of amides is 1. The van der Waals surface area contributed by atoms with Crippen molar-refractivity contribution < 1.29 is 23.5 Å². The number of aryl methyl sites for hydroxylation is 2. The largest absolute Gasteiger partial charge is 0.497 e. The van der Waals surface area contributed by atoms with Crippen LogP contribution < -0.4 is 10.1 Å². The molecule has 0 spiro atoms. The Morgan fingerprint density at radius 2 is 1.82 bits per heavy atom. The van der Waals surface area contributed by atoms with Crippen LogP contribution in [0.4, 0.5) is 5.69 Å². The number of nitrogens with one attached hydrogen (secondary N) is 1. The molecule has 1 amide bonds. The van der Waals surface area contributed by atoms with Gasteiger partial charge in [0.05, 0.1) is 19.8 Å². The SMILES string of the molecule is COc1ccc(NC(=O)[C@@H](C)OC(=O)Cc2coc3c(C)c(C)ccc23)cc1. The number of benzene rings is 2. The van der Waals surface area contributed by atoms with Crippen LogP contribution in [-0.2, 0) is 20.7 Å². The van der Waals surface area contributed by atoms with Crippen LogP contribution in [0, 0.1) is 13.8 Å². The van der Waals surface area contributed by atoms with Gasteiger partial charge >= 0.3 is 5.97 Å². The molecule has 3 rings (SSSR count). The van der Waals surface area contributed by atoms with E-state index in [1.807, 2.05) is 26.0 Å². The van der Waals surface area contributed by atoms with Crippen LogP contribution in [0.3, 0.4) is 0 Å². The summed E-state index contributed by atoms with van der Waals surface area (Å²) in [5.74, 6) is -0.199. The molecule has 1 N–H and O–H groups in total. The summed E-state index contributed by atoms with van der Waals surface area (Å²) in [4.78, 5) is 24.6. The van der Waals surface area contributed by atoms with E-state index >= 15 is 0 Å². The van der Waals surface area contributed by atoms with Crippen molar-refractivity contribution >= 4 is 28.5 Å². The third kappa shape index (κ3) is 4.17. The predicted octanol–water partition coefficient (Wildman–Crippen LogP) is 4.17. The normalized spacial score (nSPS) is 11.9. The fourth-order valence-electron chi connectivity index (χ4n) is 2.89. The van der Waals surface area contributed by atoms with Crippen molar-refractivity contribution in [3.8, 4) is 5.75 Å². The summed E-state index contributed by atoms with van der Waals surface area (Å²) < 4.78 is 16.0. The summed E-state index contributed by atoms with van der Waals surface area (Å²) in [6.07, 6.45) is 0.688. The highest BCUT2D eigenvalue weighted by molar-refractivity contribution is 5.95. The summed E-state index contributed by atoms with van der Waals surface area (Å²) in [5.41, 5.74) is 4.28. The van der Waals surface area contributed by atoms with Gasteiger partial charge in [-0.15, -0.1) is 0 Å². The van der Waals surface area contributed by atoms with E-state index in [4.69, 9.17) is 13.9 Å². The summed E-state index contributed by atoms with van der Waals surface area (Å²) >= 11 is 0. The number of carbonyl (C=O) groups excluding carboxylic acids is 2. The second kappa shape index (κ2) is 8.17. The molecule has 2 aromatic carbocycles. The summed E-state index contributed by atoms with van der Waals surface area (Å²) in [6.45, 7) is 5.53. The molecule has 0 unspecified atom stereocenters. The molecule has 0 radical (unpaired) electrons. The summed E-state index contributed by atoms with van der Waals surface area (Å²) in [6, 6.07) is 10.8. The molecule has 0 fully saturated rings. The highest BCUT2D eigenvalue weighted by Gasteiger charge is 2.20. The van der Waals surface area contributed by atoms with Gasteiger partial charge in [0, 0.05) is 16.6 Å². The molecule has 1 heterocycles. The van der Waals surface area contributed by atoms with E-state index in [0.717, 1.165) is 27.7 Å². The Hall–Kier alpha value is -3.28. The van der Waals surface area contributed by atoms with Crippen LogP contribution in [0.1, 0.15) is 23.6 Å². The molecule has 1 atom stereocenters. The third-order valence-electron chi connectivity index (χ3n) is 4.71. The molecule has 1 aromatic heterocycles. The number of hydrogen-bond acceptors (Lipinski definition) is 5. The first-order valence-corrected chi connectivity index (χ1v) is 8.99. The van der Waals surface area contributed by atoms with Crippen molar-refractivity contribution in [3.05, 3.63) is 59.4 Å². The predicted molar refractivity (Wildman–Crippen MR) is 107 cm³/mol. The Morgan fingerprint density at radius 1 is 1.11 bits per heavy atom. The molecule has 146 valence electrons. The minimum absolute atomic E-state index is 0.0374. The zero-order valence-corrected chi connectivity index (χ0v) is 16.4. The number of furan rings is 1. The molecule has 0 aliphatic heterocycles. The van der Waals surface area contributed by atoms with Gasteiger partial charge in [-0.25, -0.2) is 0 Å². The maximum absolute atomic E-state index is 12.3.